The van der Waals surface area contributed by atoms with Crippen molar-refractivity contribution < 1.29 is 4.74 Å². The first-order valence-corrected chi connectivity index (χ1v) is 6.20. The van der Waals surface area contributed by atoms with Gasteiger partial charge in [0.05, 0.1) is 0 Å². The van der Waals surface area contributed by atoms with Crippen molar-refractivity contribution in [2.45, 2.75) is 45.2 Å². The van der Waals surface area contributed by atoms with Crippen molar-refractivity contribution >= 4 is 0 Å². The number of hydrogen-bond donors (Lipinski definition) is 1. The Bertz CT molecular complexity index is 162. The van der Waals surface area contributed by atoms with Crippen molar-refractivity contribution in [1.82, 2.24) is 10.2 Å². The van der Waals surface area contributed by atoms with Gasteiger partial charge in [-0.1, -0.05) is 13.8 Å². The second-order valence-corrected chi connectivity index (χ2v) is 4.74. The van der Waals surface area contributed by atoms with E-state index in [1.54, 1.807) is 7.11 Å². The normalized spacial score (nSPS) is 22.8. The number of rotatable bonds is 7. The predicted octanol–water partition coefficient (Wildman–Crippen LogP) is 1.49. The fourth-order valence-electron chi connectivity index (χ4n) is 2.20. The Morgan fingerprint density at radius 2 is 2.27 bits per heavy atom. The van der Waals surface area contributed by atoms with Crippen LogP contribution in [0.15, 0.2) is 0 Å². The molecule has 1 saturated heterocycles. The third-order valence-corrected chi connectivity index (χ3v) is 3.05. The maximum Gasteiger partial charge on any atom is 0.0474 e. The van der Waals surface area contributed by atoms with Crippen LogP contribution < -0.4 is 5.32 Å². The van der Waals surface area contributed by atoms with Gasteiger partial charge in [0, 0.05) is 38.9 Å². The Morgan fingerprint density at radius 1 is 1.47 bits per heavy atom. The molecule has 0 aliphatic carbocycles. The predicted molar refractivity (Wildman–Crippen MR) is 64.2 cm³/mol. The van der Waals surface area contributed by atoms with Gasteiger partial charge >= 0.3 is 0 Å². The standard InChI is InChI=1S/C12H26N2O/c1-11(2)13-10-12-6-4-7-14(12)8-5-9-15-3/h11-13H,4-10H2,1-3H3. The van der Waals surface area contributed by atoms with Crippen LogP contribution in [0.5, 0.6) is 0 Å². The summed E-state index contributed by atoms with van der Waals surface area (Å²) in [5, 5.41) is 3.53. The van der Waals surface area contributed by atoms with Crippen LogP contribution in [0.3, 0.4) is 0 Å². The summed E-state index contributed by atoms with van der Waals surface area (Å²) < 4.78 is 5.09. The molecule has 0 aromatic rings. The van der Waals surface area contributed by atoms with Crippen LogP contribution >= 0.6 is 0 Å². The molecule has 1 N–H and O–H groups in total. The van der Waals surface area contributed by atoms with Crippen molar-refractivity contribution in [1.29, 1.82) is 0 Å². The molecule has 3 heteroatoms. The molecule has 0 saturated carbocycles. The number of methoxy groups -OCH3 is 1. The molecular formula is C12H26N2O. The Balaban J connectivity index is 2.17. The molecule has 1 aliphatic rings. The SMILES string of the molecule is COCCCN1CCCC1CNC(C)C. The molecular weight excluding hydrogens is 188 g/mol. The summed E-state index contributed by atoms with van der Waals surface area (Å²) >= 11 is 0. The third-order valence-electron chi connectivity index (χ3n) is 3.05. The minimum absolute atomic E-state index is 0.603. The summed E-state index contributed by atoms with van der Waals surface area (Å²) in [6.07, 6.45) is 3.87. The molecule has 0 bridgehead atoms. The molecule has 0 radical (unpaired) electrons. The summed E-state index contributed by atoms with van der Waals surface area (Å²) in [5.41, 5.74) is 0. The van der Waals surface area contributed by atoms with Gasteiger partial charge in [-0.15, -0.1) is 0 Å². The third kappa shape index (κ3) is 4.96. The zero-order valence-corrected chi connectivity index (χ0v) is 10.5. The van der Waals surface area contributed by atoms with Gasteiger partial charge in [-0.2, -0.15) is 0 Å². The van der Waals surface area contributed by atoms with E-state index in [4.69, 9.17) is 4.74 Å². The fraction of sp³-hybridized carbons (Fsp3) is 1.00. The largest absolute Gasteiger partial charge is 0.385 e. The molecule has 1 rings (SSSR count). The van der Waals surface area contributed by atoms with Crippen LogP contribution in [0, 0.1) is 0 Å². The molecule has 0 aromatic carbocycles. The summed E-state index contributed by atoms with van der Waals surface area (Å²) in [6, 6.07) is 1.36. The Kier molecular flexibility index (Phi) is 6.22. The molecule has 1 unspecified atom stereocenters. The van der Waals surface area contributed by atoms with Gasteiger partial charge in [0.15, 0.2) is 0 Å². The zero-order valence-electron chi connectivity index (χ0n) is 10.5. The van der Waals surface area contributed by atoms with E-state index in [-0.39, 0.29) is 0 Å². The second-order valence-electron chi connectivity index (χ2n) is 4.74. The van der Waals surface area contributed by atoms with Crippen molar-refractivity contribution in [3.63, 3.8) is 0 Å². The lowest BCUT2D eigenvalue weighted by Crippen LogP contribution is -2.40. The van der Waals surface area contributed by atoms with Crippen LogP contribution in [0.4, 0.5) is 0 Å². The highest BCUT2D eigenvalue weighted by molar-refractivity contribution is 4.81. The van der Waals surface area contributed by atoms with Crippen LogP contribution in [-0.2, 0) is 4.74 Å². The van der Waals surface area contributed by atoms with E-state index in [0.29, 0.717) is 6.04 Å². The first kappa shape index (κ1) is 12.9. The second kappa shape index (κ2) is 7.20. The molecule has 15 heavy (non-hydrogen) atoms. The number of ether oxygens (including phenoxy) is 1. The number of nitrogens with one attached hydrogen (secondary N) is 1. The van der Waals surface area contributed by atoms with Gasteiger partial charge in [0.1, 0.15) is 0 Å². The number of likely N-dealkylation sites (tertiary alicyclic amines) is 1. The summed E-state index contributed by atoms with van der Waals surface area (Å²) in [7, 11) is 1.78. The van der Waals surface area contributed by atoms with E-state index in [0.717, 1.165) is 25.6 Å². The molecule has 90 valence electrons. The molecule has 0 amide bonds. The Labute approximate surface area is 94.2 Å². The Morgan fingerprint density at radius 3 is 2.93 bits per heavy atom. The maximum absolute atomic E-state index is 5.09. The van der Waals surface area contributed by atoms with E-state index in [9.17, 15) is 0 Å². The van der Waals surface area contributed by atoms with Crippen LogP contribution in [-0.4, -0.2) is 50.3 Å². The van der Waals surface area contributed by atoms with Crippen molar-refractivity contribution in [2.75, 3.05) is 33.4 Å². The van der Waals surface area contributed by atoms with Gasteiger partial charge in [0.25, 0.3) is 0 Å². The quantitative estimate of drug-likeness (QED) is 0.650. The van der Waals surface area contributed by atoms with Crippen molar-refractivity contribution in [3.05, 3.63) is 0 Å². The first-order valence-electron chi connectivity index (χ1n) is 6.20. The van der Waals surface area contributed by atoms with Crippen LogP contribution in [0.2, 0.25) is 0 Å². The lowest BCUT2D eigenvalue weighted by molar-refractivity contribution is 0.165. The van der Waals surface area contributed by atoms with Gasteiger partial charge in [0.2, 0.25) is 0 Å². The number of nitrogens with zero attached hydrogens (tertiary/aromatic N) is 1. The van der Waals surface area contributed by atoms with Gasteiger partial charge in [-0.05, 0) is 25.8 Å². The van der Waals surface area contributed by atoms with Crippen molar-refractivity contribution in [2.24, 2.45) is 0 Å². The highest BCUT2D eigenvalue weighted by atomic mass is 16.5. The minimum atomic E-state index is 0.603. The molecule has 0 spiro atoms. The maximum atomic E-state index is 5.09. The molecule has 1 fully saturated rings. The average molecular weight is 214 g/mol. The first-order chi connectivity index (χ1) is 7.24. The van der Waals surface area contributed by atoms with Gasteiger partial charge in [-0.3, -0.25) is 4.90 Å². The molecule has 3 nitrogen and oxygen atoms in total. The topological polar surface area (TPSA) is 24.5 Å². The monoisotopic (exact) mass is 214 g/mol. The summed E-state index contributed by atoms with van der Waals surface area (Å²) in [4.78, 5) is 2.61. The van der Waals surface area contributed by atoms with Gasteiger partial charge in [-0.25, -0.2) is 0 Å². The molecule has 1 atom stereocenters. The smallest absolute Gasteiger partial charge is 0.0474 e. The highest BCUT2D eigenvalue weighted by Crippen LogP contribution is 2.16. The van der Waals surface area contributed by atoms with E-state index < -0.39 is 0 Å². The molecule has 0 aromatic heterocycles. The zero-order chi connectivity index (χ0) is 11.1. The van der Waals surface area contributed by atoms with E-state index in [2.05, 4.69) is 24.1 Å². The molecule has 1 heterocycles. The summed E-state index contributed by atoms with van der Waals surface area (Å²) in [6.45, 7) is 8.92. The average Bonchev–Trinajstić information content (AvgIpc) is 2.63. The summed E-state index contributed by atoms with van der Waals surface area (Å²) in [5.74, 6) is 0. The molecule has 1 aliphatic heterocycles. The van der Waals surface area contributed by atoms with Gasteiger partial charge < -0.3 is 10.1 Å². The lowest BCUT2D eigenvalue weighted by atomic mass is 10.2. The minimum Gasteiger partial charge on any atom is -0.385 e. The van der Waals surface area contributed by atoms with Crippen molar-refractivity contribution in [3.8, 4) is 0 Å². The van der Waals surface area contributed by atoms with Crippen LogP contribution in [0.25, 0.3) is 0 Å². The van der Waals surface area contributed by atoms with E-state index >= 15 is 0 Å². The Hall–Kier alpha value is -0.120. The van der Waals surface area contributed by atoms with Crippen LogP contribution in [0.1, 0.15) is 33.1 Å². The lowest BCUT2D eigenvalue weighted by Gasteiger charge is -2.25. The highest BCUT2D eigenvalue weighted by Gasteiger charge is 2.23. The number of hydrogen-bond acceptors (Lipinski definition) is 3. The van der Waals surface area contributed by atoms with E-state index in [1.807, 2.05) is 0 Å². The fourth-order valence-corrected chi connectivity index (χ4v) is 2.20. The van der Waals surface area contributed by atoms with E-state index in [1.165, 1.54) is 25.9 Å².